The third-order valence-corrected chi connectivity index (χ3v) is 6.18. The molecule has 2 aromatic carbocycles. The lowest BCUT2D eigenvalue weighted by molar-refractivity contribution is 0.147. The number of anilines is 1. The molecule has 1 aromatic heterocycles. The Labute approximate surface area is 206 Å². The molecule has 0 radical (unpaired) electrons. The Morgan fingerprint density at radius 2 is 1.57 bits per heavy atom. The van der Waals surface area contributed by atoms with Gasteiger partial charge in [0.05, 0.1) is 18.9 Å². The van der Waals surface area contributed by atoms with Crippen LogP contribution in [0.5, 0.6) is 11.5 Å². The molecule has 1 aliphatic rings. The van der Waals surface area contributed by atoms with Crippen molar-refractivity contribution >= 4 is 12.0 Å². The fraction of sp³-hybridized carbons (Fsp3) is 0.370. The number of benzene rings is 2. The average molecular weight is 477 g/mol. The monoisotopic (exact) mass is 476 g/mol. The summed E-state index contributed by atoms with van der Waals surface area (Å²) in [7, 11) is 0. The molecule has 0 spiro atoms. The number of nitrogens with two attached hydrogens (primary N) is 1. The summed E-state index contributed by atoms with van der Waals surface area (Å²) in [4.78, 5) is 21.7. The van der Waals surface area contributed by atoms with E-state index in [1.807, 2.05) is 30.3 Å². The Bertz CT molecular complexity index is 1110. The van der Waals surface area contributed by atoms with Crippen LogP contribution in [0.3, 0.4) is 0 Å². The van der Waals surface area contributed by atoms with Crippen LogP contribution in [0, 0.1) is 0 Å². The van der Waals surface area contributed by atoms with Gasteiger partial charge < -0.3 is 24.8 Å². The number of carbonyl (C=O) groups is 1. The zero-order valence-electron chi connectivity index (χ0n) is 20.3. The van der Waals surface area contributed by atoms with Crippen LogP contribution in [0.15, 0.2) is 60.8 Å². The first-order valence-corrected chi connectivity index (χ1v) is 11.9. The van der Waals surface area contributed by atoms with Crippen molar-refractivity contribution in [2.75, 3.05) is 31.2 Å². The molecule has 184 valence electrons. The maximum atomic E-state index is 10.6. The molecule has 2 N–H and O–H groups in total. The van der Waals surface area contributed by atoms with Crippen LogP contribution in [0.25, 0.3) is 0 Å². The molecular formula is C27H32N4O4. The van der Waals surface area contributed by atoms with Crippen molar-refractivity contribution in [1.82, 2.24) is 9.97 Å². The fourth-order valence-electron chi connectivity index (χ4n) is 3.81. The highest BCUT2D eigenvalue weighted by molar-refractivity contribution is 5.64. The van der Waals surface area contributed by atoms with Crippen molar-refractivity contribution in [3.8, 4) is 11.5 Å². The third kappa shape index (κ3) is 6.41. The smallest absolute Gasteiger partial charge is 0.404 e. The Balaban J connectivity index is 1.31. The van der Waals surface area contributed by atoms with Gasteiger partial charge in [0.2, 0.25) is 5.95 Å². The van der Waals surface area contributed by atoms with Gasteiger partial charge in [-0.2, -0.15) is 0 Å². The summed E-state index contributed by atoms with van der Waals surface area (Å²) in [6, 6.07) is 18.2. The molecule has 35 heavy (non-hydrogen) atoms. The van der Waals surface area contributed by atoms with Crippen LogP contribution >= 0.6 is 0 Å². The summed E-state index contributed by atoms with van der Waals surface area (Å²) in [5, 5.41) is 0. The molecule has 4 rings (SSSR count). The summed E-state index contributed by atoms with van der Waals surface area (Å²) in [6.07, 6.45) is 2.81. The summed E-state index contributed by atoms with van der Waals surface area (Å²) in [5.74, 6) is 2.36. The van der Waals surface area contributed by atoms with Gasteiger partial charge in [0.15, 0.2) is 0 Å². The van der Waals surface area contributed by atoms with E-state index in [-0.39, 0.29) is 12.0 Å². The van der Waals surface area contributed by atoms with Gasteiger partial charge in [-0.15, -0.1) is 0 Å². The predicted molar refractivity (Wildman–Crippen MR) is 134 cm³/mol. The number of ether oxygens (including phenoxy) is 3. The number of amides is 1. The molecule has 2 heterocycles. The van der Waals surface area contributed by atoms with E-state index in [2.05, 4.69) is 53.0 Å². The van der Waals surface area contributed by atoms with Gasteiger partial charge in [0, 0.05) is 31.1 Å². The van der Waals surface area contributed by atoms with E-state index in [4.69, 9.17) is 19.9 Å². The molecule has 1 fully saturated rings. The molecule has 3 aromatic rings. The molecule has 0 unspecified atom stereocenters. The standard InChI is InChI=1S/C27H32N4O4/c1-27(2,20-5-9-23(10-6-20)33-17-4-18-34-25(28)32)21-7-11-24(12-8-21)35-19-22-13-14-29-26(30-22)31-15-3-16-31/h5-14H,3-4,15-19H2,1-2H3,(H2,28,32). The molecule has 0 bridgehead atoms. The third-order valence-electron chi connectivity index (χ3n) is 6.18. The summed E-state index contributed by atoms with van der Waals surface area (Å²) in [5.41, 5.74) is 7.98. The molecule has 0 saturated carbocycles. The minimum atomic E-state index is -0.766. The quantitative estimate of drug-likeness (QED) is 0.408. The van der Waals surface area contributed by atoms with Crippen molar-refractivity contribution in [2.24, 2.45) is 5.73 Å². The van der Waals surface area contributed by atoms with Crippen LogP contribution in [-0.4, -0.2) is 42.4 Å². The van der Waals surface area contributed by atoms with E-state index >= 15 is 0 Å². The Morgan fingerprint density at radius 3 is 2.14 bits per heavy atom. The number of carbonyl (C=O) groups excluding carboxylic acids is 1. The van der Waals surface area contributed by atoms with Gasteiger partial charge >= 0.3 is 6.09 Å². The molecule has 1 saturated heterocycles. The highest BCUT2D eigenvalue weighted by atomic mass is 16.5. The minimum absolute atomic E-state index is 0.189. The Hall–Kier alpha value is -3.81. The molecule has 1 aliphatic heterocycles. The Kier molecular flexibility index (Phi) is 7.70. The maximum absolute atomic E-state index is 10.6. The van der Waals surface area contributed by atoms with E-state index in [1.165, 1.54) is 17.5 Å². The van der Waals surface area contributed by atoms with Crippen LogP contribution < -0.4 is 20.1 Å². The first kappa shape index (κ1) is 24.3. The second-order valence-electron chi connectivity index (χ2n) is 9.02. The maximum Gasteiger partial charge on any atom is 0.404 e. The molecule has 8 heteroatoms. The highest BCUT2D eigenvalue weighted by Gasteiger charge is 2.23. The van der Waals surface area contributed by atoms with Crippen molar-refractivity contribution in [3.05, 3.63) is 77.6 Å². The molecule has 8 nitrogen and oxygen atoms in total. The molecule has 0 aliphatic carbocycles. The highest BCUT2D eigenvalue weighted by Crippen LogP contribution is 2.33. The van der Waals surface area contributed by atoms with Crippen LogP contribution in [-0.2, 0) is 16.8 Å². The van der Waals surface area contributed by atoms with Crippen molar-refractivity contribution in [2.45, 2.75) is 38.7 Å². The number of hydrogen-bond donors (Lipinski definition) is 1. The van der Waals surface area contributed by atoms with E-state index in [9.17, 15) is 4.79 Å². The average Bonchev–Trinajstić information content (AvgIpc) is 2.82. The van der Waals surface area contributed by atoms with Gasteiger partial charge in [-0.3, -0.25) is 0 Å². The zero-order chi connectivity index (χ0) is 24.7. The second-order valence-corrected chi connectivity index (χ2v) is 9.02. The van der Waals surface area contributed by atoms with Gasteiger partial charge in [0.25, 0.3) is 0 Å². The van der Waals surface area contributed by atoms with E-state index < -0.39 is 6.09 Å². The summed E-state index contributed by atoms with van der Waals surface area (Å²) >= 11 is 0. The number of primary amides is 1. The lowest BCUT2D eigenvalue weighted by Gasteiger charge is -2.30. The van der Waals surface area contributed by atoms with Gasteiger partial charge in [-0.1, -0.05) is 38.1 Å². The van der Waals surface area contributed by atoms with Gasteiger partial charge in [0.1, 0.15) is 18.1 Å². The largest absolute Gasteiger partial charge is 0.493 e. The summed E-state index contributed by atoms with van der Waals surface area (Å²) < 4.78 is 16.4. The number of aromatic nitrogens is 2. The minimum Gasteiger partial charge on any atom is -0.493 e. The topological polar surface area (TPSA) is 99.8 Å². The SMILES string of the molecule is CC(C)(c1ccc(OCCCOC(N)=O)cc1)c1ccc(OCc2ccnc(N3CCC3)n2)cc1. The number of nitrogens with zero attached hydrogens (tertiary/aromatic N) is 3. The zero-order valence-corrected chi connectivity index (χ0v) is 20.3. The molecule has 1 amide bonds. The number of rotatable bonds is 11. The van der Waals surface area contributed by atoms with Crippen molar-refractivity contribution in [1.29, 1.82) is 0 Å². The van der Waals surface area contributed by atoms with E-state index in [0.29, 0.717) is 19.6 Å². The summed E-state index contributed by atoms with van der Waals surface area (Å²) in [6.45, 7) is 7.53. The predicted octanol–water partition coefficient (Wildman–Crippen LogP) is 4.46. The van der Waals surface area contributed by atoms with E-state index in [1.54, 1.807) is 6.20 Å². The van der Waals surface area contributed by atoms with Crippen LogP contribution in [0.4, 0.5) is 10.7 Å². The Morgan fingerprint density at radius 1 is 0.943 bits per heavy atom. The number of hydrogen-bond acceptors (Lipinski definition) is 7. The lowest BCUT2D eigenvalue weighted by Crippen LogP contribution is -2.38. The van der Waals surface area contributed by atoms with Crippen molar-refractivity contribution < 1.29 is 19.0 Å². The van der Waals surface area contributed by atoms with Gasteiger partial charge in [-0.05, 0) is 47.9 Å². The molecule has 0 atom stereocenters. The normalized spacial score (nSPS) is 13.1. The first-order valence-electron chi connectivity index (χ1n) is 11.9. The van der Waals surface area contributed by atoms with Crippen LogP contribution in [0.1, 0.15) is 43.5 Å². The van der Waals surface area contributed by atoms with E-state index in [0.717, 1.165) is 36.2 Å². The van der Waals surface area contributed by atoms with Gasteiger partial charge in [-0.25, -0.2) is 14.8 Å². The fourth-order valence-corrected chi connectivity index (χ4v) is 3.81. The second kappa shape index (κ2) is 11.1. The molecular weight excluding hydrogens is 444 g/mol. The van der Waals surface area contributed by atoms with Crippen molar-refractivity contribution in [3.63, 3.8) is 0 Å². The van der Waals surface area contributed by atoms with Crippen LogP contribution in [0.2, 0.25) is 0 Å². The lowest BCUT2D eigenvalue weighted by atomic mass is 9.78. The first-order chi connectivity index (χ1) is 16.9.